The molecule has 0 aliphatic heterocycles. The van der Waals surface area contributed by atoms with Gasteiger partial charge < -0.3 is 4.74 Å². The summed E-state index contributed by atoms with van der Waals surface area (Å²) in [7, 11) is 0. The van der Waals surface area contributed by atoms with Crippen LogP contribution in [0.3, 0.4) is 0 Å². The van der Waals surface area contributed by atoms with Gasteiger partial charge in [0.1, 0.15) is 12.4 Å². The zero-order valence-electron chi connectivity index (χ0n) is 15.9. The van der Waals surface area contributed by atoms with Gasteiger partial charge in [0.2, 0.25) is 0 Å². The molecule has 136 valence electrons. The van der Waals surface area contributed by atoms with Gasteiger partial charge in [0, 0.05) is 5.92 Å². The molecule has 2 nitrogen and oxygen atoms in total. The Bertz CT molecular complexity index is 757. The molecule has 0 heterocycles. The third kappa shape index (κ3) is 4.43. The lowest BCUT2D eigenvalue weighted by Crippen LogP contribution is -2.30. The monoisotopic (exact) mass is 348 g/mol. The molecule has 2 unspecified atom stereocenters. The predicted molar refractivity (Wildman–Crippen MR) is 107 cm³/mol. The van der Waals surface area contributed by atoms with Crippen molar-refractivity contribution in [2.45, 2.75) is 40.2 Å². The third-order valence-electron chi connectivity index (χ3n) is 5.32. The average Bonchev–Trinajstić information content (AvgIpc) is 2.65. The Balaban J connectivity index is 1.69. The number of carbonyl (C=O) groups is 1. The van der Waals surface area contributed by atoms with Gasteiger partial charge in [0.25, 0.3) is 0 Å². The summed E-state index contributed by atoms with van der Waals surface area (Å²) in [5, 5.41) is 0. The lowest BCUT2D eigenvalue weighted by atomic mass is 9.73. The molecule has 26 heavy (non-hydrogen) atoms. The van der Waals surface area contributed by atoms with Crippen LogP contribution >= 0.6 is 0 Å². The van der Waals surface area contributed by atoms with Crippen LogP contribution in [0.4, 0.5) is 0 Å². The standard InChI is InChI=1S/C24H28O2/c1-17(2)22-14-9-18(3)23(24(22)25)15-19-10-12-21(13-11-19)26-16-20-7-5-4-6-8-20/h4-8,10-13,15,17-18,22H,9,14,16H2,1-3H3/b23-15+. The first-order valence-electron chi connectivity index (χ1n) is 9.57. The van der Waals surface area contributed by atoms with Gasteiger partial charge >= 0.3 is 0 Å². The van der Waals surface area contributed by atoms with Crippen LogP contribution in [0, 0.1) is 17.8 Å². The molecule has 0 N–H and O–H groups in total. The fourth-order valence-electron chi connectivity index (χ4n) is 3.60. The Morgan fingerprint density at radius 3 is 2.38 bits per heavy atom. The smallest absolute Gasteiger partial charge is 0.162 e. The number of rotatable bonds is 5. The van der Waals surface area contributed by atoms with E-state index in [2.05, 4.69) is 39.0 Å². The minimum Gasteiger partial charge on any atom is -0.489 e. The highest BCUT2D eigenvalue weighted by atomic mass is 16.5. The van der Waals surface area contributed by atoms with Crippen molar-refractivity contribution in [2.75, 3.05) is 0 Å². The molecule has 2 atom stereocenters. The van der Waals surface area contributed by atoms with Crippen molar-refractivity contribution in [3.8, 4) is 5.75 Å². The molecular formula is C24H28O2. The van der Waals surface area contributed by atoms with Crippen molar-refractivity contribution in [3.63, 3.8) is 0 Å². The summed E-state index contributed by atoms with van der Waals surface area (Å²) < 4.78 is 5.84. The van der Waals surface area contributed by atoms with E-state index in [1.807, 2.05) is 42.5 Å². The summed E-state index contributed by atoms with van der Waals surface area (Å²) in [6.45, 7) is 7.02. The molecule has 0 radical (unpaired) electrons. The maximum Gasteiger partial charge on any atom is 0.162 e. The van der Waals surface area contributed by atoms with Crippen molar-refractivity contribution in [2.24, 2.45) is 17.8 Å². The van der Waals surface area contributed by atoms with Gasteiger partial charge in [-0.25, -0.2) is 0 Å². The van der Waals surface area contributed by atoms with Crippen molar-refractivity contribution < 1.29 is 9.53 Å². The lowest BCUT2D eigenvalue weighted by molar-refractivity contribution is -0.122. The zero-order valence-corrected chi connectivity index (χ0v) is 15.9. The van der Waals surface area contributed by atoms with E-state index in [1.165, 1.54) is 0 Å². The number of ketones is 1. The second-order valence-electron chi connectivity index (χ2n) is 7.64. The van der Waals surface area contributed by atoms with Crippen LogP contribution in [0.25, 0.3) is 6.08 Å². The largest absolute Gasteiger partial charge is 0.489 e. The Hall–Kier alpha value is -2.35. The summed E-state index contributed by atoms with van der Waals surface area (Å²) in [4.78, 5) is 12.8. The number of hydrogen-bond acceptors (Lipinski definition) is 2. The lowest BCUT2D eigenvalue weighted by Gasteiger charge is -2.30. The molecule has 1 saturated carbocycles. The second kappa shape index (κ2) is 8.35. The molecule has 0 bridgehead atoms. The van der Waals surface area contributed by atoms with E-state index < -0.39 is 0 Å². The summed E-state index contributed by atoms with van der Waals surface area (Å²) in [5.41, 5.74) is 3.20. The minimum atomic E-state index is 0.172. The van der Waals surface area contributed by atoms with E-state index in [-0.39, 0.29) is 5.92 Å². The summed E-state index contributed by atoms with van der Waals surface area (Å²) in [5.74, 6) is 2.10. The van der Waals surface area contributed by atoms with E-state index in [9.17, 15) is 4.79 Å². The number of Topliss-reactive ketones (excluding diaryl/α,β-unsaturated/α-hetero) is 1. The highest BCUT2D eigenvalue weighted by molar-refractivity contribution is 6.02. The average molecular weight is 348 g/mol. The van der Waals surface area contributed by atoms with Gasteiger partial charge in [-0.1, -0.05) is 63.2 Å². The molecule has 2 aromatic carbocycles. The van der Waals surface area contributed by atoms with Gasteiger partial charge in [-0.15, -0.1) is 0 Å². The van der Waals surface area contributed by atoms with Gasteiger partial charge in [-0.3, -0.25) is 4.79 Å². The maximum absolute atomic E-state index is 12.8. The Morgan fingerprint density at radius 1 is 1.04 bits per heavy atom. The van der Waals surface area contributed by atoms with Crippen LogP contribution in [0.2, 0.25) is 0 Å². The first-order valence-corrected chi connectivity index (χ1v) is 9.57. The number of allylic oxidation sites excluding steroid dienone is 1. The molecule has 0 aromatic heterocycles. The fraction of sp³-hybridized carbons (Fsp3) is 0.375. The Kier molecular flexibility index (Phi) is 5.92. The summed E-state index contributed by atoms with van der Waals surface area (Å²) in [6.07, 6.45) is 4.18. The summed E-state index contributed by atoms with van der Waals surface area (Å²) in [6, 6.07) is 18.2. The van der Waals surface area contributed by atoms with Crippen molar-refractivity contribution >= 4 is 11.9 Å². The molecule has 2 heteroatoms. The maximum atomic E-state index is 12.8. The number of ether oxygens (including phenoxy) is 1. The quantitative estimate of drug-likeness (QED) is 0.627. The van der Waals surface area contributed by atoms with Gasteiger partial charge in [0.05, 0.1) is 0 Å². The zero-order chi connectivity index (χ0) is 18.5. The van der Waals surface area contributed by atoms with E-state index in [0.717, 1.165) is 35.3 Å². The second-order valence-corrected chi connectivity index (χ2v) is 7.64. The van der Waals surface area contributed by atoms with Crippen LogP contribution in [0.1, 0.15) is 44.7 Å². The molecule has 1 fully saturated rings. The van der Waals surface area contributed by atoms with E-state index in [4.69, 9.17) is 4.74 Å². The number of carbonyl (C=O) groups excluding carboxylic acids is 1. The SMILES string of the molecule is CC1CCC(C(C)C)C(=O)/C1=C/c1ccc(OCc2ccccc2)cc1. The van der Waals surface area contributed by atoms with Crippen LogP contribution in [-0.4, -0.2) is 5.78 Å². The molecule has 0 saturated heterocycles. The van der Waals surface area contributed by atoms with Crippen LogP contribution in [0.5, 0.6) is 5.75 Å². The van der Waals surface area contributed by atoms with E-state index >= 15 is 0 Å². The van der Waals surface area contributed by atoms with Crippen molar-refractivity contribution in [1.82, 2.24) is 0 Å². The van der Waals surface area contributed by atoms with E-state index in [1.54, 1.807) is 0 Å². The van der Waals surface area contributed by atoms with Gasteiger partial charge in [-0.2, -0.15) is 0 Å². The Morgan fingerprint density at radius 2 is 1.73 bits per heavy atom. The highest BCUT2D eigenvalue weighted by Gasteiger charge is 2.32. The molecule has 1 aliphatic carbocycles. The van der Waals surface area contributed by atoms with Crippen LogP contribution in [-0.2, 0) is 11.4 Å². The molecule has 3 rings (SSSR count). The molecular weight excluding hydrogens is 320 g/mol. The first-order chi connectivity index (χ1) is 12.5. The van der Waals surface area contributed by atoms with E-state index in [0.29, 0.717) is 24.2 Å². The highest BCUT2D eigenvalue weighted by Crippen LogP contribution is 2.35. The third-order valence-corrected chi connectivity index (χ3v) is 5.32. The van der Waals surface area contributed by atoms with Gasteiger partial charge in [-0.05, 0) is 59.6 Å². The number of hydrogen-bond donors (Lipinski definition) is 0. The normalized spacial score (nSPS) is 22.0. The fourth-order valence-corrected chi connectivity index (χ4v) is 3.60. The van der Waals surface area contributed by atoms with Crippen LogP contribution < -0.4 is 4.74 Å². The molecule has 2 aromatic rings. The molecule has 0 spiro atoms. The predicted octanol–water partition coefficient (Wildman–Crippen LogP) is 5.92. The van der Waals surface area contributed by atoms with Gasteiger partial charge in [0.15, 0.2) is 5.78 Å². The topological polar surface area (TPSA) is 26.3 Å². The minimum absolute atomic E-state index is 0.172. The first kappa shape index (κ1) is 18.4. The van der Waals surface area contributed by atoms with Crippen molar-refractivity contribution in [1.29, 1.82) is 0 Å². The van der Waals surface area contributed by atoms with Crippen molar-refractivity contribution in [3.05, 3.63) is 71.3 Å². The van der Waals surface area contributed by atoms with Crippen LogP contribution in [0.15, 0.2) is 60.2 Å². The Labute approximate surface area is 156 Å². The molecule has 1 aliphatic rings. The summed E-state index contributed by atoms with van der Waals surface area (Å²) >= 11 is 0. The molecule has 0 amide bonds. The number of benzene rings is 2.